The quantitative estimate of drug-likeness (QED) is 0.566. The lowest BCUT2D eigenvalue weighted by molar-refractivity contribution is -0.120. The third-order valence-electron chi connectivity index (χ3n) is 4.70. The molecule has 0 aliphatic carbocycles. The first-order chi connectivity index (χ1) is 14.9. The molecule has 0 radical (unpaired) electrons. The van der Waals surface area contributed by atoms with E-state index in [1.165, 1.54) is 55.6 Å². The van der Waals surface area contributed by atoms with Gasteiger partial charge in [-0.15, -0.1) is 0 Å². The summed E-state index contributed by atoms with van der Waals surface area (Å²) in [6.45, 7) is 0. The highest BCUT2D eigenvalue weighted by Crippen LogP contribution is 2.36. The molecule has 5 nitrogen and oxygen atoms in total. The van der Waals surface area contributed by atoms with Gasteiger partial charge in [0, 0.05) is 5.02 Å². The van der Waals surface area contributed by atoms with Gasteiger partial charge >= 0.3 is 0 Å². The lowest BCUT2D eigenvalue weighted by atomic mass is 10.0. The molecule has 1 aliphatic heterocycles. The number of hydrogen-bond acceptors (Lipinski definition) is 4. The van der Waals surface area contributed by atoms with Crippen molar-refractivity contribution in [3.8, 4) is 5.75 Å². The summed E-state index contributed by atoms with van der Waals surface area (Å²) in [7, 11) is 1.45. The molecule has 0 aromatic heterocycles. The first-order valence-electron chi connectivity index (χ1n) is 9.14. The van der Waals surface area contributed by atoms with Crippen LogP contribution in [0.3, 0.4) is 0 Å². The van der Waals surface area contributed by atoms with E-state index in [0.717, 1.165) is 11.0 Å². The zero-order valence-corrected chi connectivity index (χ0v) is 16.9. The molecule has 0 saturated heterocycles. The molecular formula is C23H15ClF2N2O3. The smallest absolute Gasteiger partial charge is 0.282 e. The number of ether oxygens (including phenoxy) is 1. The predicted molar refractivity (Wildman–Crippen MR) is 114 cm³/mol. The van der Waals surface area contributed by atoms with Gasteiger partial charge in [-0.05, 0) is 54.1 Å². The number of methoxy groups -OCH3 is 1. The molecule has 4 rings (SSSR count). The van der Waals surface area contributed by atoms with Crippen LogP contribution >= 0.6 is 11.6 Å². The number of nitrogens with one attached hydrogen (secondary N) is 1. The maximum atomic E-state index is 13.8. The summed E-state index contributed by atoms with van der Waals surface area (Å²) < 4.78 is 32.5. The van der Waals surface area contributed by atoms with Crippen LogP contribution in [-0.2, 0) is 9.59 Å². The van der Waals surface area contributed by atoms with E-state index in [2.05, 4.69) is 5.32 Å². The molecule has 0 atom stereocenters. The third kappa shape index (κ3) is 3.87. The molecule has 31 heavy (non-hydrogen) atoms. The van der Waals surface area contributed by atoms with E-state index < -0.39 is 23.4 Å². The van der Waals surface area contributed by atoms with Crippen LogP contribution in [0, 0.1) is 11.6 Å². The molecule has 0 unspecified atom stereocenters. The van der Waals surface area contributed by atoms with E-state index in [0.29, 0.717) is 22.0 Å². The summed E-state index contributed by atoms with van der Waals surface area (Å²) in [5.41, 5.74) is 0.691. The fourth-order valence-electron chi connectivity index (χ4n) is 3.29. The Morgan fingerprint density at radius 2 is 1.65 bits per heavy atom. The second-order valence-corrected chi connectivity index (χ2v) is 7.09. The van der Waals surface area contributed by atoms with Crippen LogP contribution in [0.1, 0.15) is 5.56 Å². The molecule has 3 aromatic rings. The average Bonchev–Trinajstić information content (AvgIpc) is 2.98. The fraction of sp³-hybridized carbons (Fsp3) is 0.0435. The van der Waals surface area contributed by atoms with Crippen LogP contribution in [-0.4, -0.2) is 18.9 Å². The first-order valence-corrected chi connectivity index (χ1v) is 9.52. The van der Waals surface area contributed by atoms with Gasteiger partial charge in [-0.2, -0.15) is 0 Å². The Labute approximate surface area is 181 Å². The Morgan fingerprint density at radius 3 is 2.32 bits per heavy atom. The monoisotopic (exact) mass is 440 g/mol. The SMILES string of the molecule is COc1ccc(Cl)cc1NC1=C(c2ccc(F)cc2)C(=O)N(c2cccc(F)c2)C1=O. The van der Waals surface area contributed by atoms with Gasteiger partial charge in [0.2, 0.25) is 0 Å². The maximum Gasteiger partial charge on any atom is 0.282 e. The molecule has 2 amide bonds. The normalized spacial score (nSPS) is 13.7. The zero-order chi connectivity index (χ0) is 22.1. The number of halogens is 3. The van der Waals surface area contributed by atoms with E-state index in [1.807, 2.05) is 0 Å². The Kier molecular flexibility index (Phi) is 5.44. The highest BCUT2D eigenvalue weighted by atomic mass is 35.5. The lowest BCUT2D eigenvalue weighted by Gasteiger charge is -2.16. The molecule has 1 heterocycles. The maximum absolute atomic E-state index is 13.8. The van der Waals surface area contributed by atoms with Gasteiger partial charge in [-0.3, -0.25) is 9.59 Å². The largest absolute Gasteiger partial charge is 0.495 e. The number of carbonyl (C=O) groups excluding carboxylic acids is 2. The number of amides is 2. The van der Waals surface area contributed by atoms with Crippen molar-refractivity contribution < 1.29 is 23.1 Å². The van der Waals surface area contributed by atoms with Crippen molar-refractivity contribution in [3.05, 3.63) is 94.6 Å². The fourth-order valence-corrected chi connectivity index (χ4v) is 3.46. The van der Waals surface area contributed by atoms with Crippen molar-refractivity contribution in [1.29, 1.82) is 0 Å². The van der Waals surface area contributed by atoms with E-state index in [4.69, 9.17) is 16.3 Å². The molecule has 0 fully saturated rings. The highest BCUT2D eigenvalue weighted by Gasteiger charge is 2.40. The van der Waals surface area contributed by atoms with Crippen molar-refractivity contribution >= 4 is 40.4 Å². The second kappa shape index (κ2) is 8.20. The van der Waals surface area contributed by atoms with Crippen molar-refractivity contribution in [3.63, 3.8) is 0 Å². The summed E-state index contributed by atoms with van der Waals surface area (Å²) >= 11 is 6.08. The minimum absolute atomic E-state index is 0.0105. The van der Waals surface area contributed by atoms with Gasteiger partial charge in [-0.1, -0.05) is 29.8 Å². The van der Waals surface area contributed by atoms with Gasteiger partial charge in [0.1, 0.15) is 23.1 Å². The summed E-state index contributed by atoms with van der Waals surface area (Å²) in [6.07, 6.45) is 0. The molecule has 156 valence electrons. The summed E-state index contributed by atoms with van der Waals surface area (Å²) in [6, 6.07) is 15.0. The number of benzene rings is 3. The summed E-state index contributed by atoms with van der Waals surface area (Å²) in [5, 5.41) is 3.31. The Bertz CT molecular complexity index is 1230. The van der Waals surface area contributed by atoms with E-state index in [1.54, 1.807) is 12.1 Å². The molecular weight excluding hydrogens is 426 g/mol. The lowest BCUT2D eigenvalue weighted by Crippen LogP contribution is -2.32. The standard InChI is InChI=1S/C23H15ClF2N2O3/c1-31-19-10-7-14(24)11-18(19)27-21-20(13-5-8-15(25)9-6-13)22(29)28(23(21)30)17-4-2-3-16(26)12-17/h2-12,27H,1H3. The minimum atomic E-state index is -0.697. The average molecular weight is 441 g/mol. The van der Waals surface area contributed by atoms with Crippen molar-refractivity contribution in [1.82, 2.24) is 0 Å². The first kappa shape index (κ1) is 20.6. The zero-order valence-electron chi connectivity index (χ0n) is 16.2. The molecule has 0 spiro atoms. The Hall–Kier alpha value is -3.71. The van der Waals surface area contributed by atoms with Crippen molar-refractivity contribution in [2.45, 2.75) is 0 Å². The minimum Gasteiger partial charge on any atom is -0.495 e. The summed E-state index contributed by atoms with van der Waals surface area (Å²) in [5.74, 6) is -2.07. The molecule has 1 aliphatic rings. The van der Waals surface area contributed by atoms with E-state index >= 15 is 0 Å². The van der Waals surface area contributed by atoms with Crippen LogP contribution in [0.15, 0.2) is 72.4 Å². The van der Waals surface area contributed by atoms with Gasteiger partial charge in [0.15, 0.2) is 0 Å². The van der Waals surface area contributed by atoms with Crippen molar-refractivity contribution in [2.24, 2.45) is 0 Å². The van der Waals surface area contributed by atoms with Gasteiger partial charge in [0.25, 0.3) is 11.8 Å². The van der Waals surface area contributed by atoms with Gasteiger partial charge < -0.3 is 10.1 Å². The molecule has 0 bridgehead atoms. The summed E-state index contributed by atoms with van der Waals surface area (Å²) in [4.78, 5) is 27.4. The molecule has 8 heteroatoms. The van der Waals surface area contributed by atoms with Gasteiger partial charge in [-0.25, -0.2) is 13.7 Å². The molecule has 0 saturated carbocycles. The van der Waals surface area contributed by atoms with E-state index in [9.17, 15) is 18.4 Å². The van der Waals surface area contributed by atoms with Crippen LogP contribution in [0.4, 0.5) is 20.2 Å². The highest BCUT2D eigenvalue weighted by molar-refractivity contribution is 6.46. The van der Waals surface area contributed by atoms with Gasteiger partial charge in [0.05, 0.1) is 24.1 Å². The predicted octanol–water partition coefficient (Wildman–Crippen LogP) is 5.02. The topological polar surface area (TPSA) is 58.6 Å². The third-order valence-corrected chi connectivity index (χ3v) is 4.94. The molecule has 3 aromatic carbocycles. The number of hydrogen-bond donors (Lipinski definition) is 1. The number of carbonyl (C=O) groups is 2. The van der Waals surface area contributed by atoms with Crippen LogP contribution in [0.25, 0.3) is 5.57 Å². The van der Waals surface area contributed by atoms with E-state index in [-0.39, 0.29) is 17.0 Å². The number of nitrogens with zero attached hydrogens (tertiary/aromatic N) is 1. The number of rotatable bonds is 5. The van der Waals surface area contributed by atoms with Crippen LogP contribution in [0.2, 0.25) is 5.02 Å². The molecule has 1 N–H and O–H groups in total. The van der Waals surface area contributed by atoms with Crippen molar-refractivity contribution in [2.75, 3.05) is 17.3 Å². The second-order valence-electron chi connectivity index (χ2n) is 6.65. The number of anilines is 2. The number of imide groups is 1. The Balaban J connectivity index is 1.86. The Morgan fingerprint density at radius 1 is 0.903 bits per heavy atom. The van der Waals surface area contributed by atoms with Crippen LogP contribution < -0.4 is 15.0 Å². The van der Waals surface area contributed by atoms with Crippen LogP contribution in [0.5, 0.6) is 5.75 Å².